The van der Waals surface area contributed by atoms with E-state index in [1.165, 1.54) is 43.6 Å². The van der Waals surface area contributed by atoms with Crippen molar-refractivity contribution in [3.05, 3.63) is 83.4 Å². The maximum Gasteiger partial charge on any atom is 0.419 e. The summed E-state index contributed by atoms with van der Waals surface area (Å²) in [6, 6.07) is 11.0. The van der Waals surface area contributed by atoms with Gasteiger partial charge in [0.25, 0.3) is 11.8 Å². The minimum Gasteiger partial charge on any atom is -0.457 e. The van der Waals surface area contributed by atoms with Crippen LogP contribution in [-0.4, -0.2) is 23.8 Å². The van der Waals surface area contributed by atoms with Crippen molar-refractivity contribution in [3.8, 4) is 11.5 Å². The molecule has 3 aromatic rings. The Balaban J connectivity index is 1.75. The average molecular weight is 433 g/mol. The summed E-state index contributed by atoms with van der Waals surface area (Å²) in [6.45, 7) is 0. The molecule has 2 aromatic carbocycles. The highest BCUT2D eigenvalue weighted by Gasteiger charge is 2.34. The molecule has 0 aliphatic carbocycles. The number of carbonyl (C=O) groups is 2. The summed E-state index contributed by atoms with van der Waals surface area (Å²) in [6.07, 6.45) is -3.45. The molecule has 0 unspecified atom stereocenters. The van der Waals surface area contributed by atoms with Crippen molar-refractivity contribution in [2.75, 3.05) is 12.4 Å². The lowest BCUT2D eigenvalue weighted by Crippen LogP contribution is -2.18. The number of benzene rings is 2. The number of nitrogens with zero attached hydrogens (tertiary/aromatic N) is 1. The Kier molecular flexibility index (Phi) is 6.19. The van der Waals surface area contributed by atoms with Gasteiger partial charge < -0.3 is 15.4 Å². The van der Waals surface area contributed by atoms with Gasteiger partial charge in [0, 0.05) is 30.6 Å². The number of nitrogens with one attached hydrogen (secondary N) is 2. The molecule has 0 aliphatic rings. The molecule has 31 heavy (non-hydrogen) atoms. The zero-order chi connectivity index (χ0) is 22.6. The number of hydrogen-bond acceptors (Lipinski definition) is 4. The zero-order valence-electron chi connectivity index (χ0n) is 16.0. The van der Waals surface area contributed by atoms with E-state index >= 15 is 0 Å². The summed E-state index contributed by atoms with van der Waals surface area (Å²) in [4.78, 5) is 28.0. The summed E-state index contributed by atoms with van der Waals surface area (Å²) >= 11 is 0. The van der Waals surface area contributed by atoms with Gasteiger partial charge in [-0.3, -0.25) is 14.6 Å². The molecule has 0 bridgehead atoms. The van der Waals surface area contributed by atoms with Gasteiger partial charge in [-0.15, -0.1) is 0 Å². The fraction of sp³-hybridized carbons (Fsp3) is 0.0952. The normalized spacial score (nSPS) is 11.0. The molecule has 0 saturated carbocycles. The minimum absolute atomic E-state index is 0.124. The lowest BCUT2D eigenvalue weighted by atomic mass is 10.1. The van der Waals surface area contributed by atoms with Gasteiger partial charge in [0.15, 0.2) is 0 Å². The quantitative estimate of drug-likeness (QED) is 0.575. The summed E-state index contributed by atoms with van der Waals surface area (Å²) < 4.78 is 57.3. The van der Waals surface area contributed by atoms with E-state index in [9.17, 15) is 27.2 Å². The number of halogens is 4. The van der Waals surface area contributed by atoms with Gasteiger partial charge in [-0.1, -0.05) is 6.07 Å². The second-order valence-corrected chi connectivity index (χ2v) is 6.23. The molecule has 2 N–H and O–H groups in total. The van der Waals surface area contributed by atoms with Crippen molar-refractivity contribution < 1.29 is 31.9 Å². The van der Waals surface area contributed by atoms with Crippen molar-refractivity contribution >= 4 is 17.5 Å². The van der Waals surface area contributed by atoms with E-state index in [4.69, 9.17) is 4.74 Å². The Morgan fingerprint density at radius 3 is 2.39 bits per heavy atom. The number of ether oxygens (including phenoxy) is 1. The van der Waals surface area contributed by atoms with Crippen molar-refractivity contribution in [3.63, 3.8) is 0 Å². The maximum absolute atomic E-state index is 13.7. The molecule has 0 atom stereocenters. The molecule has 160 valence electrons. The Labute approximate surface area is 173 Å². The molecule has 0 aliphatic heterocycles. The SMILES string of the molecule is CNC(=O)c1cc(Oc2cccc(C(=O)Nc3ccc(C(F)(F)F)c(F)c3)c2)ccn1. The number of rotatable bonds is 5. The molecule has 1 heterocycles. The zero-order valence-corrected chi connectivity index (χ0v) is 16.0. The maximum atomic E-state index is 13.7. The molecule has 1 aromatic heterocycles. The summed E-state index contributed by atoms with van der Waals surface area (Å²) in [5, 5.41) is 4.77. The van der Waals surface area contributed by atoms with Crippen LogP contribution in [0.2, 0.25) is 0 Å². The highest BCUT2D eigenvalue weighted by atomic mass is 19.4. The van der Waals surface area contributed by atoms with Crippen LogP contribution in [0.1, 0.15) is 26.4 Å². The first-order valence-electron chi connectivity index (χ1n) is 8.81. The lowest BCUT2D eigenvalue weighted by molar-refractivity contribution is -0.139. The number of amides is 2. The van der Waals surface area contributed by atoms with E-state index in [0.717, 1.165) is 6.07 Å². The van der Waals surface area contributed by atoms with Crippen LogP contribution >= 0.6 is 0 Å². The molecule has 6 nitrogen and oxygen atoms in total. The van der Waals surface area contributed by atoms with Gasteiger partial charge in [0.1, 0.15) is 23.0 Å². The van der Waals surface area contributed by atoms with Crippen LogP contribution in [0.5, 0.6) is 11.5 Å². The molecule has 0 fully saturated rings. The van der Waals surface area contributed by atoms with Gasteiger partial charge in [-0.05, 0) is 42.5 Å². The topological polar surface area (TPSA) is 80.3 Å². The first-order chi connectivity index (χ1) is 14.7. The summed E-state index contributed by atoms with van der Waals surface area (Å²) in [7, 11) is 1.46. The largest absolute Gasteiger partial charge is 0.457 e. The van der Waals surface area contributed by atoms with Crippen LogP contribution in [0, 0.1) is 5.82 Å². The standard InChI is InChI=1S/C21H15F4N3O3/c1-26-20(30)18-11-15(7-8-27-18)31-14-4-2-3-12(9-14)19(29)28-13-5-6-16(17(22)10-13)21(23,24)25/h2-11H,1H3,(H,26,30)(H,28,29). The average Bonchev–Trinajstić information content (AvgIpc) is 2.72. The number of anilines is 1. The highest BCUT2D eigenvalue weighted by molar-refractivity contribution is 6.04. The molecule has 10 heteroatoms. The van der Waals surface area contributed by atoms with Crippen LogP contribution in [0.3, 0.4) is 0 Å². The van der Waals surface area contributed by atoms with Crippen molar-refractivity contribution in [2.45, 2.75) is 6.18 Å². The fourth-order valence-corrected chi connectivity index (χ4v) is 2.59. The number of pyridine rings is 1. The van der Waals surface area contributed by atoms with Gasteiger partial charge in [-0.25, -0.2) is 4.39 Å². The van der Waals surface area contributed by atoms with Crippen LogP contribution in [0.25, 0.3) is 0 Å². The molecular formula is C21H15F4N3O3. The number of hydrogen-bond donors (Lipinski definition) is 2. The number of carbonyl (C=O) groups excluding carboxylic acids is 2. The third kappa shape index (κ3) is 5.35. The van der Waals surface area contributed by atoms with Gasteiger partial charge in [-0.2, -0.15) is 13.2 Å². The first-order valence-corrected chi connectivity index (χ1v) is 8.81. The molecule has 2 amide bonds. The van der Waals surface area contributed by atoms with Crippen LogP contribution < -0.4 is 15.4 Å². The molecule has 0 radical (unpaired) electrons. The Morgan fingerprint density at radius 1 is 0.968 bits per heavy atom. The van der Waals surface area contributed by atoms with E-state index in [2.05, 4.69) is 15.6 Å². The predicted octanol–water partition coefficient (Wildman–Crippen LogP) is 4.64. The van der Waals surface area contributed by atoms with E-state index in [1.807, 2.05) is 0 Å². The van der Waals surface area contributed by atoms with Crippen molar-refractivity contribution in [1.29, 1.82) is 0 Å². The van der Waals surface area contributed by atoms with Gasteiger partial charge in [0.2, 0.25) is 0 Å². The van der Waals surface area contributed by atoms with Gasteiger partial charge in [0.05, 0.1) is 5.56 Å². The molecule has 3 rings (SSSR count). The summed E-state index contributed by atoms with van der Waals surface area (Å²) in [5.41, 5.74) is -1.29. The monoisotopic (exact) mass is 433 g/mol. The second-order valence-electron chi connectivity index (χ2n) is 6.23. The van der Waals surface area contributed by atoms with E-state index < -0.39 is 29.4 Å². The van der Waals surface area contributed by atoms with Crippen molar-refractivity contribution in [1.82, 2.24) is 10.3 Å². The van der Waals surface area contributed by atoms with Crippen LogP contribution in [0.4, 0.5) is 23.2 Å². The third-order valence-corrected chi connectivity index (χ3v) is 4.06. The Hall–Kier alpha value is -3.95. The van der Waals surface area contributed by atoms with Crippen LogP contribution in [-0.2, 0) is 6.18 Å². The lowest BCUT2D eigenvalue weighted by Gasteiger charge is -2.11. The molecule has 0 saturated heterocycles. The number of aromatic nitrogens is 1. The van der Waals surface area contributed by atoms with Crippen LogP contribution in [0.15, 0.2) is 60.8 Å². The first kappa shape index (κ1) is 21.8. The van der Waals surface area contributed by atoms with E-state index in [0.29, 0.717) is 17.9 Å². The summed E-state index contributed by atoms with van der Waals surface area (Å²) in [5.74, 6) is -2.00. The van der Waals surface area contributed by atoms with Gasteiger partial charge >= 0.3 is 6.18 Å². The number of alkyl halides is 3. The predicted molar refractivity (Wildman–Crippen MR) is 103 cm³/mol. The Bertz CT molecular complexity index is 1130. The Morgan fingerprint density at radius 2 is 1.71 bits per heavy atom. The molecular weight excluding hydrogens is 418 g/mol. The smallest absolute Gasteiger partial charge is 0.419 e. The fourth-order valence-electron chi connectivity index (χ4n) is 2.59. The third-order valence-electron chi connectivity index (χ3n) is 4.06. The molecule has 0 spiro atoms. The highest BCUT2D eigenvalue weighted by Crippen LogP contribution is 2.32. The van der Waals surface area contributed by atoms with E-state index in [-0.39, 0.29) is 22.7 Å². The van der Waals surface area contributed by atoms with E-state index in [1.54, 1.807) is 6.07 Å². The minimum atomic E-state index is -4.83. The second kappa shape index (κ2) is 8.82. The van der Waals surface area contributed by atoms with Crippen molar-refractivity contribution in [2.24, 2.45) is 0 Å².